The van der Waals surface area contributed by atoms with Gasteiger partial charge in [-0.3, -0.25) is 9.59 Å². The summed E-state index contributed by atoms with van der Waals surface area (Å²) in [4.78, 5) is 23.5. The van der Waals surface area contributed by atoms with Gasteiger partial charge < -0.3 is 16.0 Å². The molecule has 0 aromatic rings. The molecule has 74 valence electrons. The third-order valence-corrected chi connectivity index (χ3v) is 2.18. The van der Waals surface area contributed by atoms with Crippen LogP contribution in [0.5, 0.6) is 0 Å². The molecule has 13 heavy (non-hydrogen) atoms. The van der Waals surface area contributed by atoms with Gasteiger partial charge in [0.1, 0.15) is 0 Å². The Bertz CT molecular complexity index is 217. The molecule has 1 heterocycles. The van der Waals surface area contributed by atoms with Crippen LogP contribution in [0.1, 0.15) is 12.8 Å². The van der Waals surface area contributed by atoms with Crippen molar-refractivity contribution in [3.8, 4) is 0 Å². The topological polar surface area (TPSA) is 75.4 Å². The largest absolute Gasteiger partial charge is 0.361 e. The van der Waals surface area contributed by atoms with Crippen LogP contribution in [0, 0.1) is 0 Å². The molecule has 1 rings (SSSR count). The van der Waals surface area contributed by atoms with Crippen LogP contribution in [0.2, 0.25) is 0 Å². The van der Waals surface area contributed by atoms with Gasteiger partial charge in [0.2, 0.25) is 0 Å². The molecule has 3 N–H and O–H groups in total. The summed E-state index contributed by atoms with van der Waals surface area (Å²) in [6, 6.07) is 0.0683. The molecule has 5 nitrogen and oxygen atoms in total. The summed E-state index contributed by atoms with van der Waals surface area (Å²) in [5.41, 5.74) is 4.82. The van der Waals surface area contributed by atoms with Gasteiger partial charge in [-0.25, -0.2) is 0 Å². The van der Waals surface area contributed by atoms with Crippen molar-refractivity contribution >= 4 is 11.8 Å². The van der Waals surface area contributed by atoms with Gasteiger partial charge in [0.05, 0.1) is 0 Å². The Morgan fingerprint density at radius 2 is 2.23 bits per heavy atom. The third-order valence-electron chi connectivity index (χ3n) is 2.18. The summed E-state index contributed by atoms with van der Waals surface area (Å²) in [7, 11) is 1.99. The Kier molecular flexibility index (Phi) is 3.25. The van der Waals surface area contributed by atoms with Crippen molar-refractivity contribution in [1.29, 1.82) is 0 Å². The minimum atomic E-state index is -0.909. The Labute approximate surface area is 77.3 Å². The van der Waals surface area contributed by atoms with E-state index < -0.39 is 11.8 Å². The maximum Gasteiger partial charge on any atom is 0.309 e. The number of likely N-dealkylation sites (tertiary alicyclic amines) is 1. The van der Waals surface area contributed by atoms with Crippen LogP contribution >= 0.6 is 0 Å². The number of piperidine rings is 1. The number of nitrogens with two attached hydrogens (primary N) is 1. The van der Waals surface area contributed by atoms with Gasteiger partial charge in [-0.05, 0) is 26.4 Å². The Hall–Kier alpha value is -1.10. The fourth-order valence-corrected chi connectivity index (χ4v) is 1.54. The molecule has 0 aromatic heterocycles. The molecule has 1 saturated heterocycles. The zero-order valence-electron chi connectivity index (χ0n) is 7.75. The number of amides is 2. The molecule has 0 aliphatic carbocycles. The standard InChI is InChI=1S/C8H15N3O2/c1-11-4-2-3-6(5-11)10-8(13)7(9)12/h6H,2-5H2,1H3,(H2,9,12)(H,10,13)/t6-/m1/s1. The lowest BCUT2D eigenvalue weighted by Crippen LogP contribution is -2.49. The normalized spacial score (nSPS) is 23.9. The minimum absolute atomic E-state index is 0.0683. The van der Waals surface area contributed by atoms with Crippen LogP contribution in [-0.4, -0.2) is 42.9 Å². The number of hydrogen-bond acceptors (Lipinski definition) is 3. The average molecular weight is 185 g/mol. The number of rotatable bonds is 1. The van der Waals surface area contributed by atoms with E-state index >= 15 is 0 Å². The second-order valence-electron chi connectivity index (χ2n) is 3.44. The van der Waals surface area contributed by atoms with E-state index in [-0.39, 0.29) is 6.04 Å². The molecule has 1 aliphatic heterocycles. The van der Waals surface area contributed by atoms with Crippen LogP contribution in [0.4, 0.5) is 0 Å². The van der Waals surface area contributed by atoms with Crippen molar-refractivity contribution in [1.82, 2.24) is 10.2 Å². The highest BCUT2D eigenvalue weighted by molar-refractivity contribution is 6.34. The van der Waals surface area contributed by atoms with Crippen molar-refractivity contribution in [2.24, 2.45) is 5.73 Å². The van der Waals surface area contributed by atoms with Crippen LogP contribution < -0.4 is 11.1 Å². The van der Waals surface area contributed by atoms with Gasteiger partial charge in [-0.15, -0.1) is 0 Å². The molecule has 0 aromatic carbocycles. The molecular formula is C8H15N3O2. The van der Waals surface area contributed by atoms with E-state index in [1.807, 2.05) is 7.05 Å². The maximum absolute atomic E-state index is 10.9. The lowest BCUT2D eigenvalue weighted by molar-refractivity contribution is -0.137. The van der Waals surface area contributed by atoms with Gasteiger partial charge in [-0.2, -0.15) is 0 Å². The summed E-state index contributed by atoms with van der Waals surface area (Å²) in [6.07, 6.45) is 1.96. The van der Waals surface area contributed by atoms with Gasteiger partial charge in [-0.1, -0.05) is 0 Å². The molecule has 1 atom stereocenters. The summed E-state index contributed by atoms with van der Waals surface area (Å²) in [6.45, 7) is 1.84. The van der Waals surface area contributed by atoms with Crippen LogP contribution in [0.15, 0.2) is 0 Å². The van der Waals surface area contributed by atoms with Crippen molar-refractivity contribution in [2.45, 2.75) is 18.9 Å². The monoisotopic (exact) mass is 185 g/mol. The Balaban J connectivity index is 2.36. The van der Waals surface area contributed by atoms with Crippen molar-refractivity contribution in [3.05, 3.63) is 0 Å². The molecule has 0 radical (unpaired) electrons. The summed E-state index contributed by atoms with van der Waals surface area (Å²) < 4.78 is 0. The maximum atomic E-state index is 10.9. The number of nitrogens with zero attached hydrogens (tertiary/aromatic N) is 1. The van der Waals surface area contributed by atoms with E-state index in [1.165, 1.54) is 0 Å². The van der Waals surface area contributed by atoms with Crippen molar-refractivity contribution in [3.63, 3.8) is 0 Å². The first-order chi connectivity index (χ1) is 6.09. The van der Waals surface area contributed by atoms with E-state index in [4.69, 9.17) is 5.73 Å². The van der Waals surface area contributed by atoms with Crippen LogP contribution in [0.3, 0.4) is 0 Å². The first-order valence-corrected chi connectivity index (χ1v) is 4.38. The number of nitrogens with one attached hydrogen (secondary N) is 1. The minimum Gasteiger partial charge on any atom is -0.361 e. The molecule has 0 unspecified atom stereocenters. The van der Waals surface area contributed by atoms with Crippen molar-refractivity contribution < 1.29 is 9.59 Å². The smallest absolute Gasteiger partial charge is 0.309 e. The highest BCUT2D eigenvalue weighted by Crippen LogP contribution is 2.07. The zero-order valence-corrected chi connectivity index (χ0v) is 7.75. The average Bonchev–Trinajstić information content (AvgIpc) is 2.04. The summed E-state index contributed by atoms with van der Waals surface area (Å²) in [5, 5.41) is 2.59. The van der Waals surface area contributed by atoms with E-state index in [1.54, 1.807) is 0 Å². The Morgan fingerprint density at radius 3 is 2.77 bits per heavy atom. The number of carbonyl (C=O) groups is 2. The van der Waals surface area contributed by atoms with E-state index in [0.717, 1.165) is 25.9 Å². The van der Waals surface area contributed by atoms with Gasteiger partial charge in [0, 0.05) is 12.6 Å². The lowest BCUT2D eigenvalue weighted by atomic mass is 10.1. The predicted molar refractivity (Wildman–Crippen MR) is 47.9 cm³/mol. The van der Waals surface area contributed by atoms with E-state index in [0.29, 0.717) is 0 Å². The highest BCUT2D eigenvalue weighted by Gasteiger charge is 2.20. The van der Waals surface area contributed by atoms with E-state index in [2.05, 4.69) is 10.2 Å². The quantitative estimate of drug-likeness (QED) is 0.498. The predicted octanol–water partition coefficient (Wildman–Crippen LogP) is -1.32. The molecule has 0 saturated carbocycles. The van der Waals surface area contributed by atoms with Crippen molar-refractivity contribution in [2.75, 3.05) is 20.1 Å². The number of carbonyl (C=O) groups excluding carboxylic acids is 2. The summed E-state index contributed by atoms with van der Waals surface area (Å²) >= 11 is 0. The van der Waals surface area contributed by atoms with E-state index in [9.17, 15) is 9.59 Å². The second-order valence-corrected chi connectivity index (χ2v) is 3.44. The Morgan fingerprint density at radius 1 is 1.54 bits per heavy atom. The number of primary amides is 1. The van der Waals surface area contributed by atoms with Crippen LogP contribution in [0.25, 0.3) is 0 Å². The molecule has 2 amide bonds. The molecule has 5 heteroatoms. The number of likely N-dealkylation sites (N-methyl/N-ethyl adjacent to an activating group) is 1. The van der Waals surface area contributed by atoms with Gasteiger partial charge in [0.25, 0.3) is 0 Å². The summed E-state index contributed by atoms with van der Waals surface area (Å²) in [5.74, 6) is -1.59. The number of hydrogen-bond donors (Lipinski definition) is 2. The molecule has 0 spiro atoms. The molecular weight excluding hydrogens is 170 g/mol. The fraction of sp³-hybridized carbons (Fsp3) is 0.750. The zero-order chi connectivity index (χ0) is 9.84. The first kappa shape index (κ1) is 9.98. The third kappa shape index (κ3) is 3.02. The first-order valence-electron chi connectivity index (χ1n) is 4.38. The van der Waals surface area contributed by atoms with Crippen LogP contribution in [-0.2, 0) is 9.59 Å². The molecule has 0 bridgehead atoms. The molecule has 1 aliphatic rings. The molecule has 1 fully saturated rings. The van der Waals surface area contributed by atoms with Gasteiger partial charge in [0.15, 0.2) is 0 Å². The van der Waals surface area contributed by atoms with Gasteiger partial charge >= 0.3 is 11.8 Å². The highest BCUT2D eigenvalue weighted by atomic mass is 16.2. The second kappa shape index (κ2) is 4.23. The SMILES string of the molecule is CN1CCC[C@@H](NC(=O)C(N)=O)C1. The lowest BCUT2D eigenvalue weighted by Gasteiger charge is -2.29. The fourth-order valence-electron chi connectivity index (χ4n) is 1.54.